The number of rotatable bonds is 5. The molecule has 0 aromatic carbocycles. The first-order valence-corrected chi connectivity index (χ1v) is 8.60. The highest BCUT2D eigenvalue weighted by Crippen LogP contribution is 2.27. The van der Waals surface area contributed by atoms with E-state index in [2.05, 4.69) is 21.5 Å². The highest BCUT2D eigenvalue weighted by Gasteiger charge is 2.28. The van der Waals surface area contributed by atoms with E-state index in [1.807, 2.05) is 12.4 Å². The molecule has 1 atom stereocenters. The van der Waals surface area contributed by atoms with Crippen LogP contribution in [-0.2, 0) is 6.54 Å². The molecule has 1 amide bonds. The van der Waals surface area contributed by atoms with Crippen molar-refractivity contribution in [3.05, 3.63) is 48.1 Å². The van der Waals surface area contributed by atoms with Crippen LogP contribution in [0.15, 0.2) is 30.9 Å². The van der Waals surface area contributed by atoms with E-state index in [4.69, 9.17) is 0 Å². The third-order valence-corrected chi connectivity index (χ3v) is 4.53. The molecular weight excluding hydrogens is 307 g/mol. The molecule has 0 saturated carbocycles. The Labute approximate surface area is 141 Å². The third-order valence-electron chi connectivity index (χ3n) is 4.53. The summed E-state index contributed by atoms with van der Waals surface area (Å²) in [6.45, 7) is 4.45. The summed E-state index contributed by atoms with van der Waals surface area (Å²) in [7, 11) is 0. The quantitative estimate of drug-likeness (QED) is 0.846. The van der Waals surface area contributed by atoms with Crippen LogP contribution in [0.1, 0.15) is 54.7 Å². The number of halogens is 1. The highest BCUT2D eigenvalue weighted by atomic mass is 19.1. The first-order valence-electron chi connectivity index (χ1n) is 8.60. The Hall–Kier alpha value is -2.24. The van der Waals surface area contributed by atoms with Gasteiger partial charge in [0.25, 0.3) is 5.91 Å². The number of hydrogen-bond donors (Lipinski definition) is 0. The van der Waals surface area contributed by atoms with Gasteiger partial charge >= 0.3 is 0 Å². The van der Waals surface area contributed by atoms with Crippen LogP contribution in [0.25, 0.3) is 0 Å². The second kappa shape index (κ2) is 7.55. The number of hydrogen-bond acceptors (Lipinski definition) is 3. The van der Waals surface area contributed by atoms with Crippen LogP contribution in [-0.4, -0.2) is 38.4 Å². The number of aromatic nitrogens is 3. The van der Waals surface area contributed by atoms with E-state index in [1.165, 1.54) is 12.3 Å². The second-order valence-electron chi connectivity index (χ2n) is 6.31. The number of unbranched alkanes of at least 4 members (excludes halogenated alkanes) is 1. The molecular formula is C18H23FN4O. The Kier molecular flexibility index (Phi) is 5.23. The monoisotopic (exact) mass is 330 g/mol. The summed E-state index contributed by atoms with van der Waals surface area (Å²) in [6.07, 6.45) is 10.6. The molecule has 3 heterocycles. The molecule has 1 aliphatic rings. The number of imidazole rings is 1. The van der Waals surface area contributed by atoms with Gasteiger partial charge in [-0.05, 0) is 25.3 Å². The zero-order valence-electron chi connectivity index (χ0n) is 14.0. The average molecular weight is 330 g/mol. The lowest BCUT2D eigenvalue weighted by atomic mass is 9.96. The van der Waals surface area contributed by atoms with Gasteiger partial charge in [0.1, 0.15) is 11.6 Å². The zero-order valence-corrected chi connectivity index (χ0v) is 14.0. The van der Waals surface area contributed by atoms with Gasteiger partial charge in [0.15, 0.2) is 0 Å². The minimum atomic E-state index is -0.482. The molecule has 1 unspecified atom stereocenters. The molecule has 0 spiro atoms. The van der Waals surface area contributed by atoms with E-state index >= 15 is 0 Å². The SMILES string of the molecule is CCCCn1ccnc1C1CCCN(C(=O)c2cncc(F)c2)C1. The minimum Gasteiger partial charge on any atom is -0.338 e. The number of carbonyl (C=O) groups is 1. The molecule has 2 aromatic heterocycles. The molecule has 0 radical (unpaired) electrons. The lowest BCUT2D eigenvalue weighted by Gasteiger charge is -2.32. The van der Waals surface area contributed by atoms with Crippen molar-refractivity contribution in [3.8, 4) is 0 Å². The average Bonchev–Trinajstić information content (AvgIpc) is 3.08. The van der Waals surface area contributed by atoms with Crippen LogP contribution in [0, 0.1) is 5.82 Å². The second-order valence-corrected chi connectivity index (χ2v) is 6.31. The van der Waals surface area contributed by atoms with Gasteiger partial charge in [-0.25, -0.2) is 9.37 Å². The van der Waals surface area contributed by atoms with Crippen molar-refractivity contribution >= 4 is 5.91 Å². The molecule has 24 heavy (non-hydrogen) atoms. The van der Waals surface area contributed by atoms with Crippen molar-refractivity contribution in [2.45, 2.75) is 45.1 Å². The van der Waals surface area contributed by atoms with E-state index in [0.717, 1.165) is 44.2 Å². The fourth-order valence-electron chi connectivity index (χ4n) is 3.28. The van der Waals surface area contributed by atoms with Gasteiger partial charge in [0.05, 0.1) is 11.8 Å². The summed E-state index contributed by atoms with van der Waals surface area (Å²) >= 11 is 0. The Morgan fingerprint density at radius 2 is 2.29 bits per heavy atom. The van der Waals surface area contributed by atoms with E-state index in [-0.39, 0.29) is 11.8 Å². The van der Waals surface area contributed by atoms with Gasteiger partial charge < -0.3 is 9.47 Å². The molecule has 1 fully saturated rings. The normalized spacial score (nSPS) is 17.9. The van der Waals surface area contributed by atoms with Crippen molar-refractivity contribution in [1.82, 2.24) is 19.4 Å². The lowest BCUT2D eigenvalue weighted by Crippen LogP contribution is -2.39. The van der Waals surface area contributed by atoms with Crippen molar-refractivity contribution in [2.24, 2.45) is 0 Å². The predicted molar refractivity (Wildman–Crippen MR) is 89.2 cm³/mol. The molecule has 5 nitrogen and oxygen atoms in total. The van der Waals surface area contributed by atoms with E-state index in [9.17, 15) is 9.18 Å². The van der Waals surface area contributed by atoms with Crippen LogP contribution >= 0.6 is 0 Å². The summed E-state index contributed by atoms with van der Waals surface area (Å²) in [6, 6.07) is 1.25. The van der Waals surface area contributed by atoms with Crippen molar-refractivity contribution in [1.29, 1.82) is 0 Å². The van der Waals surface area contributed by atoms with Crippen LogP contribution in [0.3, 0.4) is 0 Å². The Morgan fingerprint density at radius 3 is 3.08 bits per heavy atom. The summed E-state index contributed by atoms with van der Waals surface area (Å²) < 4.78 is 15.5. The maximum Gasteiger partial charge on any atom is 0.255 e. The van der Waals surface area contributed by atoms with Crippen LogP contribution in [0.2, 0.25) is 0 Å². The molecule has 1 aliphatic heterocycles. The van der Waals surface area contributed by atoms with Gasteiger partial charge in [-0.3, -0.25) is 9.78 Å². The van der Waals surface area contributed by atoms with Crippen molar-refractivity contribution in [3.63, 3.8) is 0 Å². The smallest absolute Gasteiger partial charge is 0.255 e. The molecule has 3 rings (SSSR count). The van der Waals surface area contributed by atoms with E-state index < -0.39 is 5.82 Å². The number of aryl methyl sites for hydroxylation is 1. The van der Waals surface area contributed by atoms with Crippen LogP contribution in [0.5, 0.6) is 0 Å². The largest absolute Gasteiger partial charge is 0.338 e. The predicted octanol–water partition coefficient (Wildman–Crippen LogP) is 3.24. The third kappa shape index (κ3) is 3.63. The lowest BCUT2D eigenvalue weighted by molar-refractivity contribution is 0.0702. The highest BCUT2D eigenvalue weighted by molar-refractivity contribution is 5.94. The number of piperidine rings is 1. The number of nitrogens with zero attached hydrogens (tertiary/aromatic N) is 4. The van der Waals surface area contributed by atoms with Gasteiger partial charge in [-0.1, -0.05) is 13.3 Å². The van der Waals surface area contributed by atoms with Crippen LogP contribution in [0.4, 0.5) is 4.39 Å². The topological polar surface area (TPSA) is 51.0 Å². The van der Waals surface area contributed by atoms with Gasteiger partial charge in [-0.15, -0.1) is 0 Å². The van der Waals surface area contributed by atoms with Crippen LogP contribution < -0.4 is 0 Å². The van der Waals surface area contributed by atoms with Gasteiger partial charge in [0.2, 0.25) is 0 Å². The number of likely N-dealkylation sites (tertiary alicyclic amines) is 1. The molecule has 128 valence electrons. The first kappa shape index (κ1) is 16.6. The number of carbonyl (C=O) groups excluding carboxylic acids is 1. The zero-order chi connectivity index (χ0) is 16.9. The Bertz CT molecular complexity index is 700. The summed E-state index contributed by atoms with van der Waals surface area (Å²) in [5, 5.41) is 0. The molecule has 0 aliphatic carbocycles. The summed E-state index contributed by atoms with van der Waals surface area (Å²) in [5.41, 5.74) is 0.310. The van der Waals surface area contributed by atoms with Gasteiger partial charge in [-0.2, -0.15) is 0 Å². The molecule has 2 aromatic rings. The fourth-order valence-corrected chi connectivity index (χ4v) is 3.28. The molecule has 0 N–H and O–H groups in total. The maximum atomic E-state index is 13.3. The summed E-state index contributed by atoms with van der Waals surface area (Å²) in [4.78, 5) is 22.7. The van der Waals surface area contributed by atoms with E-state index in [0.29, 0.717) is 18.7 Å². The fraction of sp³-hybridized carbons (Fsp3) is 0.500. The number of amides is 1. The maximum absolute atomic E-state index is 13.3. The molecule has 0 bridgehead atoms. The van der Waals surface area contributed by atoms with Crippen molar-refractivity contribution < 1.29 is 9.18 Å². The molecule has 6 heteroatoms. The summed E-state index contributed by atoms with van der Waals surface area (Å²) in [5.74, 6) is 0.650. The standard InChI is InChI=1S/C18H23FN4O/c1-2-3-7-22-9-6-21-17(22)14-5-4-8-23(13-14)18(24)15-10-16(19)12-20-11-15/h6,9-12,14H,2-5,7-8,13H2,1H3. The Balaban J connectivity index is 1.73. The molecule has 1 saturated heterocycles. The van der Waals surface area contributed by atoms with Gasteiger partial charge in [0, 0.05) is 44.1 Å². The number of pyridine rings is 1. The Morgan fingerprint density at radius 1 is 1.42 bits per heavy atom. The first-order chi connectivity index (χ1) is 11.7. The van der Waals surface area contributed by atoms with Crippen molar-refractivity contribution in [2.75, 3.05) is 13.1 Å². The van der Waals surface area contributed by atoms with E-state index in [1.54, 1.807) is 4.90 Å². The minimum absolute atomic E-state index is 0.154.